The van der Waals surface area contributed by atoms with Crippen LogP contribution >= 0.6 is 24.0 Å². The van der Waals surface area contributed by atoms with Gasteiger partial charge in [-0.15, -0.1) is 24.0 Å². The van der Waals surface area contributed by atoms with E-state index in [0.29, 0.717) is 19.0 Å². The number of methoxy groups -OCH3 is 2. The zero-order valence-electron chi connectivity index (χ0n) is 17.5. The fourth-order valence-electron chi connectivity index (χ4n) is 2.96. The number of guanidine groups is 1. The second-order valence-corrected chi connectivity index (χ2v) is 6.59. The van der Waals surface area contributed by atoms with Crippen LogP contribution in [-0.4, -0.2) is 36.5 Å². The Bertz CT molecular complexity index is 973. The number of aromatic nitrogens is 2. The maximum atomic E-state index is 6.02. The van der Waals surface area contributed by atoms with Crippen molar-refractivity contribution >= 4 is 29.9 Å². The highest BCUT2D eigenvalue weighted by molar-refractivity contribution is 14.0. The van der Waals surface area contributed by atoms with E-state index < -0.39 is 0 Å². The molecule has 0 unspecified atom stereocenters. The Morgan fingerprint density at radius 2 is 1.83 bits per heavy atom. The van der Waals surface area contributed by atoms with Crippen LogP contribution in [0, 0.1) is 6.92 Å². The molecular formula is C22H28IN5O2. The summed E-state index contributed by atoms with van der Waals surface area (Å²) < 4.78 is 12.5. The molecule has 8 heteroatoms. The lowest BCUT2D eigenvalue weighted by molar-refractivity contribution is 0.354. The summed E-state index contributed by atoms with van der Waals surface area (Å²) in [7, 11) is 3.26. The van der Waals surface area contributed by atoms with Crippen molar-refractivity contribution in [1.82, 2.24) is 15.1 Å². The minimum Gasteiger partial charge on any atom is -0.493 e. The van der Waals surface area contributed by atoms with Crippen molar-refractivity contribution in [3.05, 3.63) is 71.5 Å². The Hall–Kier alpha value is -2.75. The molecule has 0 spiro atoms. The third kappa shape index (κ3) is 6.12. The molecule has 0 aliphatic carbocycles. The molecule has 3 N–H and O–H groups in total. The van der Waals surface area contributed by atoms with Gasteiger partial charge in [0, 0.05) is 18.3 Å². The lowest BCUT2D eigenvalue weighted by Crippen LogP contribution is -2.33. The van der Waals surface area contributed by atoms with Crippen molar-refractivity contribution in [3.8, 4) is 17.2 Å². The SMILES string of the molecule is COc1ccc(CCNC(N)=NCc2cn(-c3ccccc3)nc2C)cc1OC.I. The summed E-state index contributed by atoms with van der Waals surface area (Å²) in [5.41, 5.74) is 10.2. The molecule has 0 saturated heterocycles. The monoisotopic (exact) mass is 521 g/mol. The molecule has 0 aliphatic heterocycles. The van der Waals surface area contributed by atoms with E-state index >= 15 is 0 Å². The minimum atomic E-state index is 0. The number of halogens is 1. The molecule has 0 aliphatic rings. The maximum Gasteiger partial charge on any atom is 0.188 e. The predicted molar refractivity (Wildman–Crippen MR) is 130 cm³/mol. The second kappa shape index (κ2) is 11.4. The van der Waals surface area contributed by atoms with Crippen LogP contribution in [0.15, 0.2) is 59.7 Å². The van der Waals surface area contributed by atoms with Gasteiger partial charge in [0.25, 0.3) is 0 Å². The Morgan fingerprint density at radius 1 is 1.10 bits per heavy atom. The van der Waals surface area contributed by atoms with Crippen molar-refractivity contribution < 1.29 is 9.47 Å². The third-order valence-electron chi connectivity index (χ3n) is 4.61. The number of hydrogen-bond donors (Lipinski definition) is 2. The average Bonchev–Trinajstić information content (AvgIpc) is 3.13. The summed E-state index contributed by atoms with van der Waals surface area (Å²) in [6, 6.07) is 15.9. The van der Waals surface area contributed by atoms with E-state index in [1.54, 1.807) is 14.2 Å². The van der Waals surface area contributed by atoms with Crippen LogP contribution in [-0.2, 0) is 13.0 Å². The van der Waals surface area contributed by atoms with E-state index in [9.17, 15) is 0 Å². The molecule has 1 aromatic heterocycles. The topological polar surface area (TPSA) is 86.7 Å². The quantitative estimate of drug-likeness (QED) is 0.270. The van der Waals surface area contributed by atoms with Crippen LogP contribution in [0.3, 0.4) is 0 Å². The van der Waals surface area contributed by atoms with E-state index in [1.165, 1.54) is 0 Å². The van der Waals surface area contributed by atoms with E-state index in [2.05, 4.69) is 15.4 Å². The standard InChI is InChI=1S/C22H27N5O2.HI/c1-16-18(15-27(26-16)19-7-5-4-6-8-19)14-25-22(23)24-12-11-17-9-10-20(28-2)21(13-17)29-3;/h4-10,13,15H,11-12,14H2,1-3H3,(H3,23,24,25);1H. The number of nitrogens with zero attached hydrogens (tertiary/aromatic N) is 3. The van der Waals surface area contributed by atoms with Crippen LogP contribution in [0.1, 0.15) is 16.8 Å². The molecule has 1 heterocycles. The Kier molecular flexibility index (Phi) is 8.97. The van der Waals surface area contributed by atoms with Gasteiger partial charge in [-0.1, -0.05) is 24.3 Å². The van der Waals surface area contributed by atoms with E-state index in [0.717, 1.165) is 40.4 Å². The number of aliphatic imine (C=N–C) groups is 1. The highest BCUT2D eigenvalue weighted by Gasteiger charge is 2.07. The molecule has 2 aromatic carbocycles. The Balaban J connectivity index is 0.00000320. The first-order valence-electron chi connectivity index (χ1n) is 9.46. The molecule has 7 nitrogen and oxygen atoms in total. The number of hydrogen-bond acceptors (Lipinski definition) is 4. The Morgan fingerprint density at radius 3 is 2.53 bits per heavy atom. The van der Waals surface area contributed by atoms with Crippen LogP contribution < -0.4 is 20.5 Å². The molecule has 3 aromatic rings. The van der Waals surface area contributed by atoms with E-state index in [1.807, 2.05) is 66.3 Å². The molecule has 0 atom stereocenters. The van der Waals surface area contributed by atoms with Crippen LogP contribution in [0.5, 0.6) is 11.5 Å². The van der Waals surface area contributed by atoms with E-state index in [4.69, 9.17) is 15.2 Å². The van der Waals surface area contributed by atoms with Crippen molar-refractivity contribution in [2.45, 2.75) is 19.9 Å². The van der Waals surface area contributed by atoms with Gasteiger partial charge in [-0.25, -0.2) is 9.67 Å². The highest BCUT2D eigenvalue weighted by atomic mass is 127. The molecule has 3 rings (SSSR count). The van der Waals surface area contributed by atoms with Crippen molar-refractivity contribution in [2.24, 2.45) is 10.7 Å². The fraction of sp³-hybridized carbons (Fsp3) is 0.273. The summed E-state index contributed by atoms with van der Waals surface area (Å²) in [5, 5.41) is 7.71. The number of para-hydroxylation sites is 1. The number of ether oxygens (including phenoxy) is 2. The molecular weight excluding hydrogens is 493 g/mol. The largest absolute Gasteiger partial charge is 0.493 e. The average molecular weight is 521 g/mol. The highest BCUT2D eigenvalue weighted by Crippen LogP contribution is 2.27. The van der Waals surface area contributed by atoms with Crippen molar-refractivity contribution in [1.29, 1.82) is 0 Å². The summed E-state index contributed by atoms with van der Waals surface area (Å²) in [6.45, 7) is 3.13. The van der Waals surface area contributed by atoms with Crippen molar-refractivity contribution in [3.63, 3.8) is 0 Å². The molecule has 30 heavy (non-hydrogen) atoms. The van der Waals surface area contributed by atoms with Gasteiger partial charge in [0.05, 0.1) is 32.1 Å². The first-order chi connectivity index (χ1) is 14.1. The fourth-order valence-corrected chi connectivity index (χ4v) is 2.96. The third-order valence-corrected chi connectivity index (χ3v) is 4.61. The number of benzene rings is 2. The smallest absolute Gasteiger partial charge is 0.188 e. The zero-order valence-corrected chi connectivity index (χ0v) is 19.8. The van der Waals surface area contributed by atoms with Gasteiger partial charge in [0.1, 0.15) is 0 Å². The predicted octanol–water partition coefficient (Wildman–Crippen LogP) is 3.46. The normalized spacial score (nSPS) is 11.0. The first-order valence-corrected chi connectivity index (χ1v) is 9.46. The number of aryl methyl sites for hydroxylation is 1. The zero-order chi connectivity index (χ0) is 20.6. The lowest BCUT2D eigenvalue weighted by atomic mass is 10.1. The molecule has 160 valence electrons. The minimum absolute atomic E-state index is 0. The molecule has 0 saturated carbocycles. The van der Waals surface area contributed by atoms with E-state index in [-0.39, 0.29) is 24.0 Å². The van der Waals surface area contributed by atoms with Gasteiger partial charge in [-0.05, 0) is 43.2 Å². The van der Waals surface area contributed by atoms with Crippen LogP contribution in [0.4, 0.5) is 0 Å². The van der Waals surface area contributed by atoms with Crippen LogP contribution in [0.2, 0.25) is 0 Å². The second-order valence-electron chi connectivity index (χ2n) is 6.59. The van der Waals surface area contributed by atoms with Gasteiger partial charge in [-0.3, -0.25) is 0 Å². The van der Waals surface area contributed by atoms with Gasteiger partial charge in [0.15, 0.2) is 17.5 Å². The number of nitrogens with two attached hydrogens (primary N) is 1. The molecule has 0 radical (unpaired) electrons. The molecule has 0 amide bonds. The van der Waals surface area contributed by atoms with Crippen molar-refractivity contribution in [2.75, 3.05) is 20.8 Å². The number of nitrogens with one attached hydrogen (secondary N) is 1. The first kappa shape index (κ1) is 23.5. The van der Waals surface area contributed by atoms with Gasteiger partial charge >= 0.3 is 0 Å². The van der Waals surface area contributed by atoms with Gasteiger partial charge in [-0.2, -0.15) is 5.10 Å². The summed E-state index contributed by atoms with van der Waals surface area (Å²) in [6.07, 6.45) is 2.78. The number of rotatable bonds is 8. The summed E-state index contributed by atoms with van der Waals surface area (Å²) in [5.74, 6) is 1.85. The van der Waals surface area contributed by atoms with Gasteiger partial charge < -0.3 is 20.5 Å². The molecule has 0 fully saturated rings. The summed E-state index contributed by atoms with van der Waals surface area (Å²) in [4.78, 5) is 4.44. The summed E-state index contributed by atoms with van der Waals surface area (Å²) >= 11 is 0. The van der Waals surface area contributed by atoms with Crippen LogP contribution in [0.25, 0.3) is 5.69 Å². The van der Waals surface area contributed by atoms with Gasteiger partial charge in [0.2, 0.25) is 0 Å². The Labute approximate surface area is 194 Å². The maximum absolute atomic E-state index is 6.02. The molecule has 0 bridgehead atoms. The lowest BCUT2D eigenvalue weighted by Gasteiger charge is -2.10.